The van der Waals surface area contributed by atoms with Crippen LogP contribution in [0, 0.1) is 0 Å². The van der Waals surface area contributed by atoms with Crippen molar-refractivity contribution in [2.75, 3.05) is 16.8 Å². The van der Waals surface area contributed by atoms with Crippen molar-refractivity contribution in [3.63, 3.8) is 0 Å². The zero-order chi connectivity index (χ0) is 22.0. The molecule has 0 aliphatic carbocycles. The molecule has 2 aromatic carbocycles. The number of hydroxylamine groups is 1. The third-order valence-electron chi connectivity index (χ3n) is 4.70. The molecule has 9 nitrogen and oxygen atoms in total. The predicted molar refractivity (Wildman–Crippen MR) is 113 cm³/mol. The molecule has 3 amide bonds. The Morgan fingerprint density at radius 2 is 1.74 bits per heavy atom. The maximum absolute atomic E-state index is 13.3. The van der Waals surface area contributed by atoms with Crippen molar-refractivity contribution in [3.05, 3.63) is 82.7 Å². The molecule has 0 radical (unpaired) electrons. The summed E-state index contributed by atoms with van der Waals surface area (Å²) < 4.78 is 12.0. The molecule has 2 heterocycles. The van der Waals surface area contributed by atoms with E-state index in [9.17, 15) is 14.4 Å². The third-order valence-corrected chi connectivity index (χ3v) is 5.19. The van der Waals surface area contributed by atoms with Crippen LogP contribution >= 0.6 is 15.9 Å². The smallest absolute Gasteiger partial charge is 0.361 e. The highest BCUT2D eigenvalue weighted by atomic mass is 79.9. The van der Waals surface area contributed by atoms with Crippen LogP contribution < -0.4 is 15.7 Å². The Labute approximate surface area is 185 Å². The highest BCUT2D eigenvalue weighted by molar-refractivity contribution is 9.10. The molecule has 2 aliphatic heterocycles. The Morgan fingerprint density at radius 1 is 1.06 bits per heavy atom. The summed E-state index contributed by atoms with van der Waals surface area (Å²) in [5.74, 6) is -3.39. The van der Waals surface area contributed by atoms with Crippen molar-refractivity contribution < 1.29 is 29.1 Å². The third kappa shape index (κ3) is 3.78. The van der Waals surface area contributed by atoms with Crippen LogP contribution in [0.1, 0.15) is 15.9 Å². The number of ether oxygens (including phenoxy) is 2. The molecule has 0 bridgehead atoms. The zero-order valence-electron chi connectivity index (χ0n) is 15.9. The summed E-state index contributed by atoms with van der Waals surface area (Å²) in [5.41, 5.74) is 3.13. The van der Waals surface area contributed by atoms with Gasteiger partial charge in [-0.05, 0) is 54.6 Å². The number of nitrogens with zero attached hydrogens (tertiary/aromatic N) is 1. The number of halogens is 1. The fourth-order valence-electron chi connectivity index (χ4n) is 3.30. The highest BCUT2D eigenvalue weighted by Crippen LogP contribution is 2.45. The number of nitrogens with one attached hydrogen (secondary N) is 2. The van der Waals surface area contributed by atoms with Gasteiger partial charge in [-0.15, -0.1) is 0 Å². The largest absolute Gasteiger partial charge is 0.449 e. The highest BCUT2D eigenvalue weighted by Gasteiger charge is 2.56. The van der Waals surface area contributed by atoms with Crippen LogP contribution in [0.2, 0.25) is 0 Å². The zero-order valence-corrected chi connectivity index (χ0v) is 17.5. The molecule has 0 fully saturated rings. The van der Waals surface area contributed by atoms with Crippen molar-refractivity contribution in [3.8, 4) is 0 Å². The summed E-state index contributed by atoms with van der Waals surface area (Å²) >= 11 is 3.39. The van der Waals surface area contributed by atoms with Gasteiger partial charge in [0.15, 0.2) is 0 Å². The molecule has 0 saturated heterocycles. The molecule has 10 heteroatoms. The summed E-state index contributed by atoms with van der Waals surface area (Å²) in [4.78, 5) is 38.6. The van der Waals surface area contributed by atoms with Crippen LogP contribution in [0.15, 0.2) is 71.6 Å². The minimum atomic E-state index is -1.72. The maximum Gasteiger partial charge on any atom is 0.361 e. The number of amides is 3. The molecule has 158 valence electrons. The number of allylic oxidation sites excluding steroid dienone is 2. The lowest BCUT2D eigenvalue weighted by Crippen LogP contribution is -2.45. The van der Waals surface area contributed by atoms with Crippen LogP contribution in [0.25, 0.3) is 0 Å². The van der Waals surface area contributed by atoms with Gasteiger partial charge in [-0.1, -0.05) is 15.9 Å². The molecule has 3 N–H and O–H groups in total. The Balaban J connectivity index is 1.56. The molecule has 4 rings (SSSR count). The van der Waals surface area contributed by atoms with Gasteiger partial charge in [0, 0.05) is 15.7 Å². The van der Waals surface area contributed by atoms with Crippen molar-refractivity contribution in [1.29, 1.82) is 0 Å². The monoisotopic (exact) mass is 485 g/mol. The number of carbonyl (C=O) groups excluding carboxylic acids is 3. The van der Waals surface area contributed by atoms with Gasteiger partial charge >= 0.3 is 11.7 Å². The van der Waals surface area contributed by atoms with Gasteiger partial charge in [-0.3, -0.25) is 24.5 Å². The first kappa shape index (κ1) is 20.6. The van der Waals surface area contributed by atoms with Gasteiger partial charge in [0.1, 0.15) is 6.54 Å². The summed E-state index contributed by atoms with van der Waals surface area (Å²) in [6, 6.07) is 11.1. The second-order valence-electron chi connectivity index (χ2n) is 6.63. The quantitative estimate of drug-likeness (QED) is 0.452. The first-order valence-corrected chi connectivity index (χ1v) is 9.87. The number of anilines is 2. The van der Waals surface area contributed by atoms with Crippen molar-refractivity contribution >= 4 is 45.0 Å². The normalized spacial score (nSPS) is 15.7. The first-order valence-electron chi connectivity index (χ1n) is 9.08. The fraction of sp³-hybridized carbons (Fsp3) is 0.0952. The molecule has 1 spiro atoms. The lowest BCUT2D eigenvalue weighted by molar-refractivity contribution is -0.187. The van der Waals surface area contributed by atoms with E-state index < -0.39 is 23.5 Å². The van der Waals surface area contributed by atoms with Crippen LogP contribution in [0.4, 0.5) is 11.4 Å². The average Bonchev–Trinajstić information content (AvgIpc) is 2.94. The Morgan fingerprint density at radius 3 is 2.39 bits per heavy atom. The summed E-state index contributed by atoms with van der Waals surface area (Å²) in [6.45, 7) is -0.283. The van der Waals surface area contributed by atoms with Crippen LogP contribution in [-0.4, -0.2) is 29.5 Å². The minimum Gasteiger partial charge on any atom is -0.449 e. The predicted octanol–water partition coefficient (Wildman–Crippen LogP) is 2.78. The van der Waals surface area contributed by atoms with Crippen LogP contribution in [-0.2, 0) is 24.8 Å². The molecule has 0 saturated carbocycles. The molecule has 2 aliphatic rings. The maximum atomic E-state index is 13.3. The first-order chi connectivity index (χ1) is 14.9. The Kier molecular flexibility index (Phi) is 5.49. The number of carbonyl (C=O) groups is 3. The van der Waals surface area contributed by atoms with Gasteiger partial charge < -0.3 is 14.8 Å². The van der Waals surface area contributed by atoms with E-state index in [1.807, 2.05) is 0 Å². The van der Waals surface area contributed by atoms with E-state index in [-0.39, 0.29) is 12.1 Å². The van der Waals surface area contributed by atoms with Gasteiger partial charge in [0.2, 0.25) is 5.91 Å². The standard InChI is InChI=1S/C21H16BrN3O6/c22-14-5-8-17-16(11-14)21(30-9-1-2-10-31-21)20(28)25(17)12-18(26)23-15-6-3-13(4-7-15)19(27)24-29/h1-11,29H,12H2,(H,23,26)(H,24,27). The molecule has 2 aromatic rings. The van der Waals surface area contributed by atoms with Gasteiger partial charge in [-0.25, -0.2) is 5.48 Å². The van der Waals surface area contributed by atoms with E-state index in [4.69, 9.17) is 14.7 Å². The summed E-state index contributed by atoms with van der Waals surface area (Å²) in [5, 5.41) is 11.3. The Hall–Kier alpha value is -3.63. The summed E-state index contributed by atoms with van der Waals surface area (Å²) in [7, 11) is 0. The summed E-state index contributed by atoms with van der Waals surface area (Å²) in [6.07, 6.45) is 5.91. The number of hydrogen-bond acceptors (Lipinski definition) is 6. The van der Waals surface area contributed by atoms with Gasteiger partial charge in [0.05, 0.1) is 23.8 Å². The number of benzene rings is 2. The number of hydrogen-bond donors (Lipinski definition) is 3. The minimum absolute atomic E-state index is 0.223. The van der Waals surface area contributed by atoms with Crippen molar-refractivity contribution in [2.24, 2.45) is 0 Å². The molecule has 31 heavy (non-hydrogen) atoms. The van der Waals surface area contributed by atoms with E-state index in [0.717, 1.165) is 4.47 Å². The van der Waals surface area contributed by atoms with E-state index in [1.54, 1.807) is 30.4 Å². The van der Waals surface area contributed by atoms with Crippen LogP contribution in [0.5, 0.6) is 0 Å². The molecule has 0 aromatic heterocycles. The van der Waals surface area contributed by atoms with E-state index in [2.05, 4.69) is 21.2 Å². The molecule has 0 atom stereocenters. The van der Waals surface area contributed by atoms with Gasteiger partial charge in [-0.2, -0.15) is 0 Å². The second-order valence-corrected chi connectivity index (χ2v) is 7.54. The number of rotatable bonds is 4. The fourth-order valence-corrected chi connectivity index (χ4v) is 3.66. The molecule has 0 unspecified atom stereocenters. The second kappa shape index (κ2) is 8.25. The average molecular weight is 486 g/mol. The van der Waals surface area contributed by atoms with E-state index in [1.165, 1.54) is 47.2 Å². The number of fused-ring (bicyclic) bond motifs is 2. The Bertz CT molecular complexity index is 1100. The molecular formula is C21H16BrN3O6. The SMILES string of the molecule is O=C(CN1C(=O)C2(OC=CC=CO2)c2cc(Br)ccc21)Nc1ccc(C(=O)NO)cc1. The topological polar surface area (TPSA) is 117 Å². The molecular weight excluding hydrogens is 470 g/mol. The van der Waals surface area contributed by atoms with Crippen LogP contribution in [0.3, 0.4) is 0 Å². The van der Waals surface area contributed by atoms with Gasteiger partial charge in [0.25, 0.3) is 5.91 Å². The van der Waals surface area contributed by atoms with E-state index in [0.29, 0.717) is 16.9 Å². The lowest BCUT2D eigenvalue weighted by atomic mass is 10.1. The lowest BCUT2D eigenvalue weighted by Gasteiger charge is -2.26. The van der Waals surface area contributed by atoms with E-state index >= 15 is 0 Å². The van der Waals surface area contributed by atoms with Crippen molar-refractivity contribution in [1.82, 2.24) is 5.48 Å². The van der Waals surface area contributed by atoms with Crippen molar-refractivity contribution in [2.45, 2.75) is 5.79 Å².